The molecule has 0 unspecified atom stereocenters. The average molecular weight is 245 g/mol. The van der Waals surface area contributed by atoms with Crippen LogP contribution in [0.2, 0.25) is 0 Å². The van der Waals surface area contributed by atoms with Crippen LogP contribution in [0.25, 0.3) is 0 Å². The Hall–Kier alpha value is -0.887. The molecule has 0 radical (unpaired) electrons. The van der Waals surface area contributed by atoms with Crippen molar-refractivity contribution in [2.24, 2.45) is 0 Å². The Morgan fingerprint density at radius 1 is 1.36 bits per heavy atom. The summed E-state index contributed by atoms with van der Waals surface area (Å²) in [6.45, 7) is 3.36. The fourth-order valence-electron chi connectivity index (χ4n) is 0.887. The van der Waals surface area contributed by atoms with Gasteiger partial charge in [0.25, 0.3) is 0 Å². The maximum atomic E-state index is 11.3. The Labute approximate surface area is 95.8 Å². The molecule has 0 heterocycles. The molecule has 0 saturated carbocycles. The maximum absolute atomic E-state index is 11.3. The van der Waals surface area contributed by atoms with Gasteiger partial charge in [-0.1, -0.05) is 12.1 Å². The second kappa shape index (κ2) is 5.76. The predicted octanol–water partition coefficient (Wildman–Crippen LogP) is 2.12. The average Bonchev–Trinajstić information content (AvgIpc) is 2.03. The minimum Gasteiger partial charge on any atom is -0.631 e. The molecule has 3 nitrogen and oxygen atoms in total. The summed E-state index contributed by atoms with van der Waals surface area (Å²) < 4.78 is 4.83. The van der Waals surface area contributed by atoms with Crippen molar-refractivity contribution in [1.82, 2.24) is 0 Å². The van der Waals surface area contributed by atoms with Gasteiger partial charge in [0.1, 0.15) is 5.75 Å². The summed E-state index contributed by atoms with van der Waals surface area (Å²) in [4.78, 5) is 11.3. The summed E-state index contributed by atoms with van der Waals surface area (Å²) in [6, 6.07) is 6.28. The van der Waals surface area contributed by atoms with E-state index in [-0.39, 0.29) is 30.8 Å². The molecule has 1 aromatic rings. The summed E-state index contributed by atoms with van der Waals surface area (Å²) in [5.41, 5.74) is 0.184. The van der Waals surface area contributed by atoms with Crippen molar-refractivity contribution in [3.63, 3.8) is 0 Å². The van der Waals surface area contributed by atoms with Crippen molar-refractivity contribution in [3.05, 3.63) is 35.9 Å². The fourth-order valence-corrected chi connectivity index (χ4v) is 0.887. The third kappa shape index (κ3) is 3.46. The van der Waals surface area contributed by atoms with Crippen LogP contribution in [0.4, 0.5) is 0 Å². The Morgan fingerprint density at radius 3 is 2.43 bits per heavy atom. The molecule has 0 amide bonds. The molecular weight excluding hydrogens is 233 g/mol. The van der Waals surface area contributed by atoms with Crippen molar-refractivity contribution in [1.29, 1.82) is 0 Å². The Bertz CT molecular complexity index is 310. The molecule has 0 aliphatic heterocycles. The Morgan fingerprint density at radius 2 is 1.93 bits per heavy atom. The van der Waals surface area contributed by atoms with Crippen LogP contribution >= 0.6 is 0 Å². The summed E-state index contributed by atoms with van der Waals surface area (Å²) in [6.07, 6.45) is 0.549. The quantitative estimate of drug-likeness (QED) is 0.492. The minimum absolute atomic E-state index is 0. The molecule has 1 rings (SSSR count). The normalized spacial score (nSPS) is 9.36. The predicted molar refractivity (Wildman–Crippen MR) is 48.1 cm³/mol. The number of phenols is 1. The van der Waals surface area contributed by atoms with Gasteiger partial charge in [-0.25, -0.2) is 4.79 Å². The van der Waals surface area contributed by atoms with Crippen molar-refractivity contribution in [2.45, 2.75) is 13.8 Å². The zero-order valence-electron chi connectivity index (χ0n) is 8.28. The number of rotatable bonds is 2. The number of para-hydroxylation sites is 1. The van der Waals surface area contributed by atoms with E-state index >= 15 is 0 Å². The van der Waals surface area contributed by atoms with Gasteiger partial charge in [0, 0.05) is 19.5 Å². The Kier molecular flexibility index (Phi) is 5.40. The third-order valence-electron chi connectivity index (χ3n) is 1.42. The number of carbonyl (C=O) groups is 1. The third-order valence-corrected chi connectivity index (χ3v) is 1.42. The standard InChI is InChI=1S/C10H11O3.Zn/c1-7(2)13-10(12)8-5-3-4-6-9(8)11;/h3-6,11H,1-2H3;/q-1;. The molecule has 0 aliphatic carbocycles. The van der Waals surface area contributed by atoms with Gasteiger partial charge in [-0.05, 0) is 12.1 Å². The zero-order valence-corrected chi connectivity index (χ0v) is 11.2. The van der Waals surface area contributed by atoms with E-state index in [1.165, 1.54) is 12.1 Å². The number of hydrogen-bond donors (Lipinski definition) is 1. The molecule has 4 heteroatoms. The van der Waals surface area contributed by atoms with Crippen LogP contribution in [0, 0.1) is 6.10 Å². The van der Waals surface area contributed by atoms with Gasteiger partial charge in [-0.15, -0.1) is 6.10 Å². The van der Waals surface area contributed by atoms with Crippen LogP contribution < -0.4 is 0 Å². The maximum Gasteiger partial charge on any atom is 0.310 e. The van der Waals surface area contributed by atoms with Crippen LogP contribution in [-0.4, -0.2) is 11.1 Å². The monoisotopic (exact) mass is 243 g/mol. The number of phenolic OH excluding ortho intramolecular Hbond substituents is 1. The summed E-state index contributed by atoms with van der Waals surface area (Å²) in [7, 11) is 0. The first-order valence-corrected chi connectivity index (χ1v) is 3.91. The van der Waals surface area contributed by atoms with Gasteiger partial charge >= 0.3 is 5.97 Å². The van der Waals surface area contributed by atoms with Gasteiger partial charge in [-0.3, -0.25) is 0 Å². The second-order valence-corrected chi connectivity index (χ2v) is 2.81. The first kappa shape index (κ1) is 13.1. The van der Waals surface area contributed by atoms with E-state index in [1.807, 2.05) is 0 Å². The molecule has 14 heavy (non-hydrogen) atoms. The van der Waals surface area contributed by atoms with Crippen molar-refractivity contribution in [3.8, 4) is 5.75 Å². The number of carbonyl (C=O) groups excluding carboxylic acids is 1. The van der Waals surface area contributed by atoms with Crippen LogP contribution in [0.1, 0.15) is 24.2 Å². The molecular formula is C10H11O3Zn-. The fraction of sp³-hybridized carbons (Fsp3) is 0.200. The first-order valence-electron chi connectivity index (χ1n) is 3.91. The van der Waals surface area contributed by atoms with Gasteiger partial charge in [0.15, 0.2) is 0 Å². The van der Waals surface area contributed by atoms with E-state index in [2.05, 4.69) is 0 Å². The zero-order chi connectivity index (χ0) is 9.84. The molecule has 72 valence electrons. The second-order valence-electron chi connectivity index (χ2n) is 2.81. The van der Waals surface area contributed by atoms with E-state index < -0.39 is 5.97 Å². The minimum atomic E-state index is -0.530. The number of esters is 1. The molecule has 0 aromatic heterocycles. The van der Waals surface area contributed by atoms with Gasteiger partial charge in [0.2, 0.25) is 0 Å². The number of aromatic hydroxyl groups is 1. The van der Waals surface area contributed by atoms with Gasteiger partial charge in [0.05, 0.1) is 5.56 Å². The number of hydrogen-bond acceptors (Lipinski definition) is 3. The largest absolute Gasteiger partial charge is 0.631 e. The molecule has 0 atom stereocenters. The van der Waals surface area contributed by atoms with Crippen LogP contribution in [0.15, 0.2) is 24.3 Å². The van der Waals surface area contributed by atoms with Gasteiger partial charge < -0.3 is 9.84 Å². The molecule has 0 spiro atoms. The van der Waals surface area contributed by atoms with Crippen LogP contribution in [0.5, 0.6) is 5.75 Å². The van der Waals surface area contributed by atoms with Crippen molar-refractivity contribution in [2.75, 3.05) is 0 Å². The summed E-state index contributed by atoms with van der Waals surface area (Å²) in [5.74, 6) is -0.591. The molecule has 0 saturated heterocycles. The van der Waals surface area contributed by atoms with Crippen molar-refractivity contribution < 1.29 is 34.1 Å². The van der Waals surface area contributed by atoms with E-state index in [1.54, 1.807) is 26.0 Å². The SMILES string of the molecule is C[C-](C)OC(=O)c1ccccc1O.[Zn]. The summed E-state index contributed by atoms with van der Waals surface area (Å²) in [5, 5.41) is 9.28. The first-order chi connectivity index (χ1) is 6.11. The molecule has 1 aromatic carbocycles. The topological polar surface area (TPSA) is 46.5 Å². The van der Waals surface area contributed by atoms with E-state index in [9.17, 15) is 9.90 Å². The van der Waals surface area contributed by atoms with E-state index in [4.69, 9.17) is 4.74 Å². The Balaban J connectivity index is 0.00000169. The van der Waals surface area contributed by atoms with Crippen molar-refractivity contribution >= 4 is 5.97 Å². The van der Waals surface area contributed by atoms with E-state index in [0.29, 0.717) is 6.10 Å². The van der Waals surface area contributed by atoms with Crippen LogP contribution in [0.3, 0.4) is 0 Å². The van der Waals surface area contributed by atoms with Gasteiger partial charge in [-0.2, -0.15) is 13.8 Å². The molecule has 1 N–H and O–H groups in total. The molecule has 0 fully saturated rings. The number of benzene rings is 1. The number of ether oxygens (including phenoxy) is 1. The van der Waals surface area contributed by atoms with E-state index in [0.717, 1.165) is 0 Å². The van der Waals surface area contributed by atoms with Crippen LogP contribution in [-0.2, 0) is 24.2 Å². The molecule has 0 aliphatic rings. The smallest absolute Gasteiger partial charge is 0.310 e. The molecule has 0 bridgehead atoms. The summed E-state index contributed by atoms with van der Waals surface area (Å²) >= 11 is 0.